The smallest absolute Gasteiger partial charge is 0.0962 e. The molecule has 17 heavy (non-hydrogen) atoms. The first kappa shape index (κ1) is 12.5. The summed E-state index contributed by atoms with van der Waals surface area (Å²) in [5, 5.41) is 10.1. The molecule has 1 aliphatic heterocycles. The average Bonchev–Trinajstić information content (AvgIpc) is 2.82. The molecule has 1 fully saturated rings. The average molecular weight is 235 g/mol. The van der Waals surface area contributed by atoms with E-state index in [0.29, 0.717) is 6.10 Å². The summed E-state index contributed by atoms with van der Waals surface area (Å²) >= 11 is 0. The van der Waals surface area contributed by atoms with Crippen LogP contribution < -0.4 is 0 Å². The number of nitrogens with zero attached hydrogens (tertiary/aromatic N) is 1. The first-order chi connectivity index (χ1) is 8.27. The van der Waals surface area contributed by atoms with E-state index in [1.165, 1.54) is 12.8 Å². The van der Waals surface area contributed by atoms with E-state index in [9.17, 15) is 5.11 Å². The highest BCUT2D eigenvalue weighted by atomic mass is 16.5. The van der Waals surface area contributed by atoms with Crippen molar-refractivity contribution in [3.8, 4) is 0 Å². The van der Waals surface area contributed by atoms with Crippen LogP contribution in [-0.4, -0.2) is 22.8 Å². The minimum absolute atomic E-state index is 0.423. The predicted octanol–water partition coefficient (Wildman–Crippen LogP) is 2.77. The van der Waals surface area contributed by atoms with Crippen LogP contribution in [0.15, 0.2) is 18.3 Å². The minimum Gasteiger partial charge on any atom is -0.387 e. The Morgan fingerprint density at radius 3 is 3.18 bits per heavy atom. The fraction of sp³-hybridized carbons (Fsp3) is 0.643. The predicted molar refractivity (Wildman–Crippen MR) is 66.8 cm³/mol. The van der Waals surface area contributed by atoms with Crippen molar-refractivity contribution in [2.24, 2.45) is 0 Å². The van der Waals surface area contributed by atoms with E-state index in [-0.39, 0.29) is 0 Å². The number of aliphatic hydroxyl groups is 1. The molecule has 1 N–H and O–H groups in total. The summed E-state index contributed by atoms with van der Waals surface area (Å²) in [6.45, 7) is 2.90. The van der Waals surface area contributed by atoms with Gasteiger partial charge in [-0.3, -0.25) is 4.98 Å². The van der Waals surface area contributed by atoms with Crippen molar-refractivity contribution in [2.45, 2.75) is 51.2 Å². The van der Waals surface area contributed by atoms with Crippen molar-refractivity contribution in [2.75, 3.05) is 6.61 Å². The summed E-state index contributed by atoms with van der Waals surface area (Å²) in [5.41, 5.74) is 1.89. The zero-order valence-corrected chi connectivity index (χ0v) is 10.4. The molecule has 2 rings (SSSR count). The SMILES string of the molecule is Cc1cccnc1C(O)CCCC1CCCO1. The molecule has 0 aliphatic carbocycles. The lowest BCUT2D eigenvalue weighted by Gasteiger charge is -2.14. The van der Waals surface area contributed by atoms with Crippen LogP contribution in [0.4, 0.5) is 0 Å². The molecular weight excluding hydrogens is 214 g/mol. The molecule has 0 spiro atoms. The zero-order valence-electron chi connectivity index (χ0n) is 10.4. The Balaban J connectivity index is 1.77. The Hall–Kier alpha value is -0.930. The van der Waals surface area contributed by atoms with Crippen LogP contribution in [-0.2, 0) is 4.74 Å². The fourth-order valence-corrected chi connectivity index (χ4v) is 2.39. The van der Waals surface area contributed by atoms with Gasteiger partial charge in [-0.25, -0.2) is 0 Å². The van der Waals surface area contributed by atoms with Crippen LogP contribution in [0, 0.1) is 6.92 Å². The number of hydrogen-bond acceptors (Lipinski definition) is 3. The third-order valence-electron chi connectivity index (χ3n) is 3.39. The van der Waals surface area contributed by atoms with Crippen molar-refractivity contribution < 1.29 is 9.84 Å². The largest absolute Gasteiger partial charge is 0.387 e. The Kier molecular flexibility index (Phi) is 4.51. The third-order valence-corrected chi connectivity index (χ3v) is 3.39. The van der Waals surface area contributed by atoms with Gasteiger partial charge in [0.05, 0.1) is 17.9 Å². The molecular formula is C14H21NO2. The maximum atomic E-state index is 10.1. The second-order valence-corrected chi connectivity index (χ2v) is 4.79. The highest BCUT2D eigenvalue weighted by molar-refractivity contribution is 5.19. The van der Waals surface area contributed by atoms with Crippen LogP contribution in [0.2, 0.25) is 0 Å². The molecule has 94 valence electrons. The molecule has 1 aromatic rings. The Labute approximate surface area is 103 Å². The highest BCUT2D eigenvalue weighted by Crippen LogP contribution is 2.23. The minimum atomic E-state index is -0.433. The molecule has 2 atom stereocenters. The van der Waals surface area contributed by atoms with Gasteiger partial charge >= 0.3 is 0 Å². The van der Waals surface area contributed by atoms with Crippen LogP contribution >= 0.6 is 0 Å². The monoisotopic (exact) mass is 235 g/mol. The molecule has 0 bridgehead atoms. The normalized spacial score (nSPS) is 21.6. The van der Waals surface area contributed by atoms with Crippen LogP contribution in [0.1, 0.15) is 49.5 Å². The number of aliphatic hydroxyl groups excluding tert-OH is 1. The van der Waals surface area contributed by atoms with Crippen molar-refractivity contribution in [3.05, 3.63) is 29.6 Å². The summed E-state index contributed by atoms with van der Waals surface area (Å²) in [4.78, 5) is 4.25. The molecule has 2 unspecified atom stereocenters. The van der Waals surface area contributed by atoms with E-state index in [0.717, 1.165) is 37.1 Å². The lowest BCUT2D eigenvalue weighted by molar-refractivity contribution is 0.0938. The number of rotatable bonds is 5. The van der Waals surface area contributed by atoms with Gasteiger partial charge in [0, 0.05) is 12.8 Å². The van der Waals surface area contributed by atoms with E-state index in [2.05, 4.69) is 4.98 Å². The Morgan fingerprint density at radius 2 is 2.47 bits per heavy atom. The van der Waals surface area contributed by atoms with Gasteiger partial charge in [-0.15, -0.1) is 0 Å². The quantitative estimate of drug-likeness (QED) is 0.853. The standard InChI is InChI=1S/C14H21NO2/c1-11-5-3-9-15-14(11)13(16)8-2-6-12-7-4-10-17-12/h3,5,9,12-13,16H,2,4,6-8,10H2,1H3. The molecule has 0 saturated carbocycles. The molecule has 0 radical (unpaired) electrons. The van der Waals surface area contributed by atoms with Gasteiger partial charge in [0.2, 0.25) is 0 Å². The molecule has 3 nitrogen and oxygen atoms in total. The Bertz CT molecular complexity index is 348. The Morgan fingerprint density at radius 1 is 1.59 bits per heavy atom. The lowest BCUT2D eigenvalue weighted by Crippen LogP contribution is -2.07. The summed E-state index contributed by atoms with van der Waals surface area (Å²) in [5.74, 6) is 0. The highest BCUT2D eigenvalue weighted by Gasteiger charge is 2.17. The van der Waals surface area contributed by atoms with Gasteiger partial charge in [-0.05, 0) is 50.7 Å². The molecule has 0 amide bonds. The van der Waals surface area contributed by atoms with Crippen LogP contribution in [0.3, 0.4) is 0 Å². The van der Waals surface area contributed by atoms with Gasteiger partial charge < -0.3 is 9.84 Å². The zero-order chi connectivity index (χ0) is 12.1. The van der Waals surface area contributed by atoms with Gasteiger partial charge in [0.1, 0.15) is 0 Å². The van der Waals surface area contributed by atoms with Crippen LogP contribution in [0.5, 0.6) is 0 Å². The topological polar surface area (TPSA) is 42.4 Å². The number of ether oxygens (including phenoxy) is 1. The van der Waals surface area contributed by atoms with Crippen molar-refractivity contribution in [1.29, 1.82) is 0 Å². The van der Waals surface area contributed by atoms with Gasteiger partial charge in [0.25, 0.3) is 0 Å². The van der Waals surface area contributed by atoms with E-state index in [1.54, 1.807) is 6.20 Å². The maximum Gasteiger partial charge on any atom is 0.0962 e. The van der Waals surface area contributed by atoms with Gasteiger partial charge in [0.15, 0.2) is 0 Å². The lowest BCUT2D eigenvalue weighted by atomic mass is 10.0. The summed E-state index contributed by atoms with van der Waals surface area (Å²) in [6.07, 6.45) is 6.93. The molecule has 2 heterocycles. The molecule has 1 saturated heterocycles. The van der Waals surface area contributed by atoms with Crippen molar-refractivity contribution in [3.63, 3.8) is 0 Å². The first-order valence-electron chi connectivity index (χ1n) is 6.48. The first-order valence-corrected chi connectivity index (χ1v) is 6.48. The number of pyridine rings is 1. The maximum absolute atomic E-state index is 10.1. The number of hydrogen-bond donors (Lipinski definition) is 1. The van der Waals surface area contributed by atoms with Gasteiger partial charge in [-0.1, -0.05) is 6.07 Å². The number of aryl methyl sites for hydroxylation is 1. The molecule has 0 aromatic carbocycles. The van der Waals surface area contributed by atoms with Crippen molar-refractivity contribution in [1.82, 2.24) is 4.98 Å². The van der Waals surface area contributed by atoms with Crippen molar-refractivity contribution >= 4 is 0 Å². The van der Waals surface area contributed by atoms with E-state index in [1.807, 2.05) is 19.1 Å². The number of aromatic nitrogens is 1. The molecule has 3 heteroatoms. The third kappa shape index (κ3) is 3.51. The second-order valence-electron chi connectivity index (χ2n) is 4.79. The summed E-state index contributed by atoms with van der Waals surface area (Å²) in [6, 6.07) is 3.89. The molecule has 1 aromatic heterocycles. The summed E-state index contributed by atoms with van der Waals surface area (Å²) < 4.78 is 5.57. The molecule has 1 aliphatic rings. The van der Waals surface area contributed by atoms with Gasteiger partial charge in [-0.2, -0.15) is 0 Å². The van der Waals surface area contributed by atoms with E-state index < -0.39 is 6.10 Å². The van der Waals surface area contributed by atoms with E-state index in [4.69, 9.17) is 4.74 Å². The second kappa shape index (κ2) is 6.12. The summed E-state index contributed by atoms with van der Waals surface area (Å²) in [7, 11) is 0. The fourth-order valence-electron chi connectivity index (χ4n) is 2.39. The van der Waals surface area contributed by atoms with Crippen LogP contribution in [0.25, 0.3) is 0 Å². The van der Waals surface area contributed by atoms with E-state index >= 15 is 0 Å².